The van der Waals surface area contributed by atoms with Crippen LogP contribution in [0.15, 0.2) is 18.2 Å². The Morgan fingerprint density at radius 3 is 2.54 bits per heavy atom. The van der Waals surface area contributed by atoms with Crippen molar-refractivity contribution >= 4 is 5.91 Å². The molecule has 130 valence electrons. The zero-order valence-corrected chi connectivity index (χ0v) is 14.9. The minimum absolute atomic E-state index is 0.219. The van der Waals surface area contributed by atoms with Gasteiger partial charge in [-0.25, -0.2) is 0 Å². The number of aryl methyl sites for hydroxylation is 1. The first-order valence-electron chi connectivity index (χ1n) is 9.27. The van der Waals surface area contributed by atoms with Crippen molar-refractivity contribution in [2.75, 3.05) is 39.4 Å². The lowest BCUT2D eigenvalue weighted by Gasteiger charge is -2.41. The van der Waals surface area contributed by atoms with E-state index in [1.165, 1.54) is 17.5 Å². The molecule has 0 radical (unpaired) electrons. The summed E-state index contributed by atoms with van der Waals surface area (Å²) in [7, 11) is 0. The van der Waals surface area contributed by atoms with Crippen LogP contribution in [0.2, 0.25) is 0 Å². The van der Waals surface area contributed by atoms with Gasteiger partial charge in [-0.3, -0.25) is 9.69 Å². The molecule has 1 aliphatic carbocycles. The molecule has 0 aromatic heterocycles. The second kappa shape index (κ2) is 6.16. The van der Waals surface area contributed by atoms with E-state index in [4.69, 9.17) is 4.74 Å². The summed E-state index contributed by atoms with van der Waals surface area (Å²) in [6.45, 7) is 9.46. The Balaban J connectivity index is 1.65. The van der Waals surface area contributed by atoms with Gasteiger partial charge in [0.1, 0.15) is 0 Å². The number of carbonyl (C=O) groups is 1. The Labute approximate surface area is 144 Å². The van der Waals surface area contributed by atoms with Gasteiger partial charge < -0.3 is 9.64 Å². The standard InChI is InChI=1S/C20H28N2O2/c1-15-3-4-18-17(13-15)19(22-9-11-24-12-10-22)14-20(18)5-7-21(8-6-20)16(2)23/h3-4,13,19H,5-12,14H2,1-2H3. The van der Waals surface area contributed by atoms with E-state index in [1.54, 1.807) is 12.5 Å². The molecule has 0 saturated carbocycles. The van der Waals surface area contributed by atoms with Crippen LogP contribution >= 0.6 is 0 Å². The number of hydrogen-bond donors (Lipinski definition) is 0. The summed E-state index contributed by atoms with van der Waals surface area (Å²) >= 11 is 0. The third-order valence-electron chi connectivity index (χ3n) is 6.37. The molecule has 1 amide bonds. The van der Waals surface area contributed by atoms with Gasteiger partial charge in [-0.15, -0.1) is 0 Å². The number of nitrogens with zero attached hydrogens (tertiary/aromatic N) is 2. The number of fused-ring (bicyclic) bond motifs is 2. The molecule has 1 unspecified atom stereocenters. The van der Waals surface area contributed by atoms with Crippen LogP contribution in [0.1, 0.15) is 48.9 Å². The number of rotatable bonds is 1. The van der Waals surface area contributed by atoms with Crippen LogP contribution in [0.3, 0.4) is 0 Å². The number of morpholine rings is 1. The maximum Gasteiger partial charge on any atom is 0.219 e. The summed E-state index contributed by atoms with van der Waals surface area (Å²) in [4.78, 5) is 16.3. The Morgan fingerprint density at radius 2 is 1.88 bits per heavy atom. The largest absolute Gasteiger partial charge is 0.379 e. The van der Waals surface area contributed by atoms with Crippen molar-refractivity contribution in [3.8, 4) is 0 Å². The lowest BCUT2D eigenvalue weighted by atomic mass is 9.73. The van der Waals surface area contributed by atoms with Gasteiger partial charge in [0, 0.05) is 44.6 Å². The fourth-order valence-electron chi connectivity index (χ4n) is 4.97. The summed E-state index contributed by atoms with van der Waals surface area (Å²) < 4.78 is 5.56. The third-order valence-corrected chi connectivity index (χ3v) is 6.37. The molecule has 2 aliphatic heterocycles. The van der Waals surface area contributed by atoms with Crippen molar-refractivity contribution in [3.05, 3.63) is 34.9 Å². The highest BCUT2D eigenvalue weighted by molar-refractivity contribution is 5.73. The Bertz CT molecular complexity index is 629. The first-order chi connectivity index (χ1) is 11.6. The number of hydrogen-bond acceptors (Lipinski definition) is 3. The van der Waals surface area contributed by atoms with Gasteiger partial charge in [0.05, 0.1) is 13.2 Å². The molecule has 2 heterocycles. The fourth-order valence-corrected chi connectivity index (χ4v) is 4.97. The van der Waals surface area contributed by atoms with Crippen molar-refractivity contribution in [2.24, 2.45) is 0 Å². The highest BCUT2D eigenvalue weighted by Gasteiger charge is 2.47. The van der Waals surface area contributed by atoms with Gasteiger partial charge in [0.2, 0.25) is 5.91 Å². The van der Waals surface area contributed by atoms with Crippen LogP contribution in [0.25, 0.3) is 0 Å². The molecule has 2 fully saturated rings. The molecule has 0 bridgehead atoms. The highest BCUT2D eigenvalue weighted by Crippen LogP contribution is 2.53. The number of piperidine rings is 1. The van der Waals surface area contributed by atoms with Crippen LogP contribution in [0, 0.1) is 6.92 Å². The van der Waals surface area contributed by atoms with Gasteiger partial charge >= 0.3 is 0 Å². The van der Waals surface area contributed by atoms with Crippen LogP contribution in [-0.2, 0) is 14.9 Å². The Morgan fingerprint density at radius 1 is 1.17 bits per heavy atom. The van der Waals surface area contributed by atoms with E-state index in [-0.39, 0.29) is 11.3 Å². The van der Waals surface area contributed by atoms with Crippen molar-refractivity contribution < 1.29 is 9.53 Å². The third kappa shape index (κ3) is 2.66. The SMILES string of the molecule is CC(=O)N1CCC2(CC1)CC(N1CCOCC1)c1cc(C)ccc12. The zero-order valence-electron chi connectivity index (χ0n) is 14.9. The second-order valence-corrected chi connectivity index (χ2v) is 7.75. The molecule has 1 aromatic rings. The van der Waals surface area contributed by atoms with Gasteiger partial charge in [0.25, 0.3) is 0 Å². The number of likely N-dealkylation sites (tertiary alicyclic amines) is 1. The topological polar surface area (TPSA) is 32.8 Å². The molecule has 1 aromatic carbocycles. The number of amides is 1. The first-order valence-corrected chi connectivity index (χ1v) is 9.27. The minimum atomic E-state index is 0.219. The molecular formula is C20H28N2O2. The summed E-state index contributed by atoms with van der Waals surface area (Å²) in [5, 5.41) is 0. The van der Waals surface area contributed by atoms with E-state index in [0.29, 0.717) is 6.04 Å². The molecule has 1 spiro atoms. The lowest BCUT2D eigenvalue weighted by molar-refractivity contribution is -0.130. The molecule has 4 rings (SSSR count). The number of carbonyl (C=O) groups excluding carboxylic acids is 1. The van der Waals surface area contributed by atoms with E-state index in [9.17, 15) is 4.79 Å². The smallest absolute Gasteiger partial charge is 0.219 e. The molecule has 0 N–H and O–H groups in total. The number of ether oxygens (including phenoxy) is 1. The molecule has 4 nitrogen and oxygen atoms in total. The van der Waals surface area contributed by atoms with Crippen molar-refractivity contribution in [2.45, 2.75) is 44.6 Å². The first kappa shape index (κ1) is 16.1. The normalized spacial score (nSPS) is 26.6. The van der Waals surface area contributed by atoms with E-state index in [2.05, 4.69) is 30.0 Å². The zero-order chi connectivity index (χ0) is 16.7. The van der Waals surface area contributed by atoms with Gasteiger partial charge in [-0.2, -0.15) is 0 Å². The van der Waals surface area contributed by atoms with Crippen molar-refractivity contribution in [1.82, 2.24) is 9.80 Å². The Kier molecular flexibility index (Phi) is 4.13. The van der Waals surface area contributed by atoms with Crippen LogP contribution in [-0.4, -0.2) is 55.1 Å². The second-order valence-electron chi connectivity index (χ2n) is 7.75. The average molecular weight is 328 g/mol. The lowest BCUT2D eigenvalue weighted by Crippen LogP contribution is -2.44. The predicted octanol–water partition coefficient (Wildman–Crippen LogP) is 2.65. The maximum atomic E-state index is 11.7. The maximum absolute atomic E-state index is 11.7. The van der Waals surface area contributed by atoms with Crippen molar-refractivity contribution in [1.29, 1.82) is 0 Å². The van der Waals surface area contributed by atoms with E-state index < -0.39 is 0 Å². The van der Waals surface area contributed by atoms with Gasteiger partial charge in [-0.1, -0.05) is 23.8 Å². The minimum Gasteiger partial charge on any atom is -0.379 e. The van der Waals surface area contributed by atoms with Gasteiger partial charge in [0.15, 0.2) is 0 Å². The highest BCUT2D eigenvalue weighted by atomic mass is 16.5. The molecule has 24 heavy (non-hydrogen) atoms. The quantitative estimate of drug-likeness (QED) is 0.794. The fraction of sp³-hybridized carbons (Fsp3) is 0.650. The van der Waals surface area contributed by atoms with E-state index in [0.717, 1.165) is 52.2 Å². The summed E-state index contributed by atoms with van der Waals surface area (Å²) in [5.41, 5.74) is 4.70. The molecular weight excluding hydrogens is 300 g/mol. The molecule has 4 heteroatoms. The van der Waals surface area contributed by atoms with Crippen LogP contribution in [0.4, 0.5) is 0 Å². The molecule has 3 aliphatic rings. The van der Waals surface area contributed by atoms with E-state index in [1.807, 2.05) is 4.90 Å². The van der Waals surface area contributed by atoms with Gasteiger partial charge in [-0.05, 0) is 37.3 Å². The van der Waals surface area contributed by atoms with Crippen molar-refractivity contribution in [3.63, 3.8) is 0 Å². The number of benzene rings is 1. The van der Waals surface area contributed by atoms with Crippen LogP contribution in [0.5, 0.6) is 0 Å². The molecule has 2 saturated heterocycles. The Hall–Kier alpha value is -1.39. The summed E-state index contributed by atoms with van der Waals surface area (Å²) in [5.74, 6) is 0.219. The molecule has 1 atom stereocenters. The summed E-state index contributed by atoms with van der Waals surface area (Å²) in [6, 6.07) is 7.56. The predicted molar refractivity (Wildman–Crippen MR) is 94.1 cm³/mol. The van der Waals surface area contributed by atoms with E-state index >= 15 is 0 Å². The summed E-state index contributed by atoms with van der Waals surface area (Å²) in [6.07, 6.45) is 3.41. The van der Waals surface area contributed by atoms with Crippen LogP contribution < -0.4 is 0 Å². The monoisotopic (exact) mass is 328 g/mol. The average Bonchev–Trinajstić information content (AvgIpc) is 2.90.